The van der Waals surface area contributed by atoms with E-state index in [1.54, 1.807) is 24.3 Å². The van der Waals surface area contributed by atoms with Crippen molar-refractivity contribution >= 4 is 17.4 Å². The SMILES string of the molecule is O=C(c1ccc(Cl)cc1)[C@@H](O)CC1=CCCCC1. The Bertz CT molecular complexity index is 448. The number of Topliss-reactive ketones (excluding diaryl/α,β-unsaturated/α-hetero) is 1. The summed E-state index contributed by atoms with van der Waals surface area (Å²) in [4.78, 5) is 12.0. The fourth-order valence-electron chi connectivity index (χ4n) is 2.24. The molecule has 2 rings (SSSR count). The van der Waals surface area contributed by atoms with Crippen molar-refractivity contribution in [3.8, 4) is 0 Å². The summed E-state index contributed by atoms with van der Waals surface area (Å²) < 4.78 is 0. The smallest absolute Gasteiger partial charge is 0.191 e. The van der Waals surface area contributed by atoms with Gasteiger partial charge >= 0.3 is 0 Å². The Balaban J connectivity index is 2.00. The monoisotopic (exact) mass is 264 g/mol. The van der Waals surface area contributed by atoms with E-state index in [2.05, 4.69) is 6.08 Å². The summed E-state index contributed by atoms with van der Waals surface area (Å²) in [6.45, 7) is 0. The van der Waals surface area contributed by atoms with E-state index in [9.17, 15) is 9.90 Å². The Kier molecular flexibility index (Phi) is 4.56. The van der Waals surface area contributed by atoms with Crippen LogP contribution in [0.5, 0.6) is 0 Å². The van der Waals surface area contributed by atoms with Gasteiger partial charge in [-0.2, -0.15) is 0 Å². The van der Waals surface area contributed by atoms with Crippen LogP contribution in [0.3, 0.4) is 0 Å². The fourth-order valence-corrected chi connectivity index (χ4v) is 2.36. The van der Waals surface area contributed by atoms with Gasteiger partial charge < -0.3 is 5.11 Å². The van der Waals surface area contributed by atoms with Crippen molar-refractivity contribution in [1.29, 1.82) is 0 Å². The minimum Gasteiger partial charge on any atom is -0.385 e. The van der Waals surface area contributed by atoms with Gasteiger partial charge in [-0.3, -0.25) is 4.79 Å². The number of aliphatic hydroxyl groups is 1. The van der Waals surface area contributed by atoms with Crippen molar-refractivity contribution in [2.24, 2.45) is 0 Å². The fraction of sp³-hybridized carbons (Fsp3) is 0.400. The van der Waals surface area contributed by atoms with Crippen LogP contribution in [-0.4, -0.2) is 17.0 Å². The molecule has 1 aliphatic carbocycles. The molecule has 0 saturated carbocycles. The topological polar surface area (TPSA) is 37.3 Å². The van der Waals surface area contributed by atoms with Gasteiger partial charge in [-0.05, 0) is 49.9 Å². The molecule has 0 radical (unpaired) electrons. The van der Waals surface area contributed by atoms with Gasteiger partial charge in [-0.25, -0.2) is 0 Å². The minimum atomic E-state index is -0.935. The lowest BCUT2D eigenvalue weighted by Crippen LogP contribution is -2.21. The number of hydrogen-bond donors (Lipinski definition) is 1. The number of ketones is 1. The van der Waals surface area contributed by atoms with Gasteiger partial charge in [-0.15, -0.1) is 0 Å². The average Bonchev–Trinajstić information content (AvgIpc) is 2.40. The molecular weight excluding hydrogens is 248 g/mol. The van der Waals surface area contributed by atoms with Crippen molar-refractivity contribution in [3.05, 3.63) is 46.5 Å². The van der Waals surface area contributed by atoms with Crippen LogP contribution in [0.2, 0.25) is 5.02 Å². The summed E-state index contributed by atoms with van der Waals surface area (Å²) in [5.41, 5.74) is 1.72. The maximum Gasteiger partial charge on any atom is 0.191 e. The largest absolute Gasteiger partial charge is 0.385 e. The molecule has 18 heavy (non-hydrogen) atoms. The van der Waals surface area contributed by atoms with E-state index in [-0.39, 0.29) is 5.78 Å². The lowest BCUT2D eigenvalue weighted by Gasteiger charge is -2.16. The molecular formula is C15H17ClO2. The minimum absolute atomic E-state index is 0.224. The third-order valence-electron chi connectivity index (χ3n) is 3.27. The quantitative estimate of drug-likeness (QED) is 0.664. The first-order valence-electron chi connectivity index (χ1n) is 6.32. The highest BCUT2D eigenvalue weighted by molar-refractivity contribution is 6.30. The van der Waals surface area contributed by atoms with Crippen molar-refractivity contribution in [1.82, 2.24) is 0 Å². The molecule has 0 saturated heterocycles. The normalized spacial score (nSPS) is 17.1. The Morgan fingerprint density at radius 1 is 1.28 bits per heavy atom. The van der Waals surface area contributed by atoms with E-state index in [1.165, 1.54) is 12.0 Å². The Morgan fingerprint density at radius 2 is 2.00 bits per heavy atom. The number of benzene rings is 1. The van der Waals surface area contributed by atoms with Gasteiger partial charge in [0.15, 0.2) is 5.78 Å². The Labute approximate surface area is 112 Å². The van der Waals surface area contributed by atoms with Gasteiger partial charge in [0, 0.05) is 17.0 Å². The Morgan fingerprint density at radius 3 is 2.61 bits per heavy atom. The predicted molar refractivity (Wildman–Crippen MR) is 73.0 cm³/mol. The van der Waals surface area contributed by atoms with Gasteiger partial charge in [-0.1, -0.05) is 23.3 Å². The number of hydrogen-bond acceptors (Lipinski definition) is 2. The van der Waals surface area contributed by atoms with Crippen molar-refractivity contribution < 1.29 is 9.90 Å². The molecule has 0 heterocycles. The second-order valence-corrected chi connectivity index (χ2v) is 5.14. The number of aliphatic hydroxyl groups excluding tert-OH is 1. The standard InChI is InChI=1S/C15H17ClO2/c16-13-8-6-12(7-9-13)15(18)14(17)10-11-4-2-1-3-5-11/h4,6-9,14,17H,1-3,5,10H2/t14-/m0/s1. The van der Waals surface area contributed by atoms with Crippen molar-refractivity contribution in [2.75, 3.05) is 0 Å². The van der Waals surface area contributed by atoms with Crippen molar-refractivity contribution in [2.45, 2.75) is 38.2 Å². The van der Waals surface area contributed by atoms with E-state index in [0.717, 1.165) is 19.3 Å². The number of carbonyl (C=O) groups excluding carboxylic acids is 1. The zero-order valence-corrected chi connectivity index (χ0v) is 11.0. The van der Waals surface area contributed by atoms with Crippen LogP contribution >= 0.6 is 11.6 Å². The highest BCUT2D eigenvalue weighted by atomic mass is 35.5. The van der Waals surface area contributed by atoms with E-state index < -0.39 is 6.10 Å². The molecule has 0 amide bonds. The summed E-state index contributed by atoms with van der Waals surface area (Å²) in [6, 6.07) is 6.65. The van der Waals surface area contributed by atoms with Crippen molar-refractivity contribution in [3.63, 3.8) is 0 Å². The first kappa shape index (κ1) is 13.3. The predicted octanol–water partition coefficient (Wildman–Crippen LogP) is 3.77. The first-order valence-corrected chi connectivity index (χ1v) is 6.70. The van der Waals surface area contributed by atoms with E-state index >= 15 is 0 Å². The molecule has 96 valence electrons. The van der Waals surface area contributed by atoms with Crippen LogP contribution in [0.15, 0.2) is 35.9 Å². The van der Waals surface area contributed by atoms with E-state index in [0.29, 0.717) is 17.0 Å². The summed E-state index contributed by atoms with van der Waals surface area (Å²) in [7, 11) is 0. The van der Waals surface area contributed by atoms with Gasteiger partial charge in [0.25, 0.3) is 0 Å². The first-order chi connectivity index (χ1) is 8.66. The molecule has 1 aromatic rings. The molecule has 3 heteroatoms. The maximum absolute atomic E-state index is 12.0. The third-order valence-corrected chi connectivity index (χ3v) is 3.52. The second kappa shape index (κ2) is 6.17. The lowest BCUT2D eigenvalue weighted by molar-refractivity contribution is 0.0746. The van der Waals surface area contributed by atoms with Crippen LogP contribution in [0.25, 0.3) is 0 Å². The third kappa shape index (κ3) is 3.44. The molecule has 1 N–H and O–H groups in total. The average molecular weight is 265 g/mol. The molecule has 1 atom stereocenters. The summed E-state index contributed by atoms with van der Waals surface area (Å²) in [5.74, 6) is -0.224. The molecule has 0 aliphatic heterocycles. The number of allylic oxidation sites excluding steroid dienone is 1. The number of rotatable bonds is 4. The van der Waals surface area contributed by atoms with Gasteiger partial charge in [0.05, 0.1) is 0 Å². The molecule has 0 fully saturated rings. The molecule has 1 aliphatic rings. The zero-order valence-electron chi connectivity index (χ0n) is 10.2. The molecule has 1 aromatic carbocycles. The van der Waals surface area contributed by atoms with Gasteiger partial charge in [0.1, 0.15) is 6.10 Å². The van der Waals surface area contributed by atoms with Crippen LogP contribution < -0.4 is 0 Å². The van der Waals surface area contributed by atoms with Crippen LogP contribution in [0.4, 0.5) is 0 Å². The highest BCUT2D eigenvalue weighted by Crippen LogP contribution is 2.22. The second-order valence-electron chi connectivity index (χ2n) is 4.70. The van der Waals surface area contributed by atoms with E-state index in [1.807, 2.05) is 0 Å². The molecule has 0 spiro atoms. The number of carbonyl (C=O) groups is 1. The lowest BCUT2D eigenvalue weighted by atomic mass is 9.92. The zero-order chi connectivity index (χ0) is 13.0. The van der Waals surface area contributed by atoms with Crippen LogP contribution in [0.1, 0.15) is 42.5 Å². The maximum atomic E-state index is 12.0. The van der Waals surface area contributed by atoms with Crippen LogP contribution in [-0.2, 0) is 0 Å². The Hall–Kier alpha value is -1.12. The van der Waals surface area contributed by atoms with Crippen LogP contribution in [0, 0.1) is 0 Å². The molecule has 2 nitrogen and oxygen atoms in total. The highest BCUT2D eigenvalue weighted by Gasteiger charge is 2.19. The molecule has 0 aromatic heterocycles. The molecule has 0 bridgehead atoms. The van der Waals surface area contributed by atoms with E-state index in [4.69, 9.17) is 11.6 Å². The number of halogens is 1. The molecule has 0 unspecified atom stereocenters. The summed E-state index contributed by atoms with van der Waals surface area (Å²) in [5, 5.41) is 10.6. The van der Waals surface area contributed by atoms with Gasteiger partial charge in [0.2, 0.25) is 0 Å². The summed E-state index contributed by atoms with van der Waals surface area (Å²) in [6.07, 6.45) is 6.12. The summed E-state index contributed by atoms with van der Waals surface area (Å²) >= 11 is 5.77.